The number of halogens is 1. The van der Waals surface area contributed by atoms with E-state index in [1.807, 2.05) is 11.9 Å². The van der Waals surface area contributed by atoms with Crippen LogP contribution in [-0.2, 0) is 0 Å². The number of hydrogen-bond donors (Lipinski definition) is 0. The van der Waals surface area contributed by atoms with Crippen molar-refractivity contribution >= 4 is 28.5 Å². The molecule has 1 aromatic heterocycles. The first-order chi connectivity index (χ1) is 5.74. The third-order valence-corrected chi connectivity index (χ3v) is 1.83. The van der Waals surface area contributed by atoms with Crippen molar-refractivity contribution in [3.05, 3.63) is 16.0 Å². The first kappa shape index (κ1) is 9.26. The van der Waals surface area contributed by atoms with E-state index in [0.717, 1.165) is 3.57 Å². The Kier molecular flexibility index (Phi) is 3.29. The number of rotatable bonds is 2. The molecule has 0 unspecified atom stereocenters. The Morgan fingerprint density at radius 2 is 2.17 bits per heavy atom. The van der Waals surface area contributed by atoms with E-state index in [1.165, 1.54) is 0 Å². The lowest BCUT2D eigenvalue weighted by atomic mass is 10.6. The molecule has 0 atom stereocenters. The van der Waals surface area contributed by atoms with E-state index >= 15 is 0 Å². The second-order valence-corrected chi connectivity index (χ2v) is 3.51. The molecule has 0 aliphatic heterocycles. The van der Waals surface area contributed by atoms with Crippen LogP contribution >= 0.6 is 22.6 Å². The highest BCUT2D eigenvalue weighted by molar-refractivity contribution is 14.1. The predicted molar refractivity (Wildman–Crippen MR) is 56.9 cm³/mol. The summed E-state index contributed by atoms with van der Waals surface area (Å²) in [4.78, 5) is 10.0. The van der Waals surface area contributed by atoms with Crippen LogP contribution in [0.25, 0.3) is 0 Å². The monoisotopic (exact) mass is 273 g/mol. The minimum atomic E-state index is 0.528. The van der Waals surface area contributed by atoms with Crippen LogP contribution in [0.4, 0.5) is 5.95 Å². The van der Waals surface area contributed by atoms with Crippen LogP contribution in [0, 0.1) is 15.9 Å². The molecule has 0 N–H and O–H groups in total. The van der Waals surface area contributed by atoms with E-state index in [4.69, 9.17) is 6.42 Å². The van der Waals surface area contributed by atoms with Gasteiger partial charge in [0.05, 0.1) is 6.54 Å². The first-order valence-corrected chi connectivity index (χ1v) is 4.44. The lowest BCUT2D eigenvalue weighted by Crippen LogP contribution is -2.19. The molecule has 12 heavy (non-hydrogen) atoms. The van der Waals surface area contributed by atoms with Gasteiger partial charge in [-0.2, -0.15) is 0 Å². The Morgan fingerprint density at radius 3 is 2.67 bits per heavy atom. The number of terminal acetylenes is 1. The quantitative estimate of drug-likeness (QED) is 0.598. The molecule has 0 aliphatic carbocycles. The highest BCUT2D eigenvalue weighted by Crippen LogP contribution is 2.05. The van der Waals surface area contributed by atoms with Gasteiger partial charge in [-0.3, -0.25) is 0 Å². The molecule has 0 spiro atoms. The maximum atomic E-state index is 5.15. The zero-order valence-electron chi connectivity index (χ0n) is 6.66. The van der Waals surface area contributed by atoms with Gasteiger partial charge in [-0.05, 0) is 22.6 Å². The summed E-state index contributed by atoms with van der Waals surface area (Å²) in [5.41, 5.74) is 0. The average Bonchev–Trinajstić information content (AvgIpc) is 2.06. The fourth-order valence-electron chi connectivity index (χ4n) is 0.710. The molecule has 0 aromatic carbocycles. The summed E-state index contributed by atoms with van der Waals surface area (Å²) in [6, 6.07) is 0. The largest absolute Gasteiger partial charge is 0.333 e. The van der Waals surface area contributed by atoms with Crippen molar-refractivity contribution in [2.24, 2.45) is 0 Å². The molecule has 0 bridgehead atoms. The summed E-state index contributed by atoms with van der Waals surface area (Å²) in [7, 11) is 1.86. The Hall–Kier alpha value is -0.830. The van der Waals surface area contributed by atoms with E-state index in [1.54, 1.807) is 12.4 Å². The minimum Gasteiger partial charge on any atom is -0.333 e. The second-order valence-electron chi connectivity index (χ2n) is 2.26. The molecule has 0 saturated heterocycles. The Balaban J connectivity index is 2.76. The third kappa shape index (κ3) is 2.34. The fraction of sp³-hybridized carbons (Fsp3) is 0.250. The molecular formula is C8H8IN3. The summed E-state index contributed by atoms with van der Waals surface area (Å²) in [6.45, 7) is 0.528. The van der Waals surface area contributed by atoms with Gasteiger partial charge in [-0.15, -0.1) is 6.42 Å². The van der Waals surface area contributed by atoms with E-state index in [9.17, 15) is 0 Å². The molecule has 0 aliphatic rings. The highest BCUT2D eigenvalue weighted by atomic mass is 127. The van der Waals surface area contributed by atoms with Crippen molar-refractivity contribution in [3.63, 3.8) is 0 Å². The number of nitrogens with zero attached hydrogens (tertiary/aromatic N) is 3. The molecule has 0 fully saturated rings. The van der Waals surface area contributed by atoms with Crippen molar-refractivity contribution < 1.29 is 0 Å². The van der Waals surface area contributed by atoms with Gasteiger partial charge in [0.2, 0.25) is 5.95 Å². The Bertz CT molecular complexity index is 288. The molecule has 0 amide bonds. The van der Waals surface area contributed by atoms with Crippen molar-refractivity contribution in [2.75, 3.05) is 18.5 Å². The molecule has 1 aromatic rings. The van der Waals surface area contributed by atoms with Gasteiger partial charge < -0.3 is 4.90 Å². The second kappa shape index (κ2) is 4.26. The zero-order valence-corrected chi connectivity index (χ0v) is 8.82. The van der Waals surface area contributed by atoms with Crippen molar-refractivity contribution in [2.45, 2.75) is 0 Å². The van der Waals surface area contributed by atoms with E-state index in [2.05, 4.69) is 38.5 Å². The summed E-state index contributed by atoms with van der Waals surface area (Å²) in [5.74, 6) is 3.19. The van der Waals surface area contributed by atoms with Gasteiger partial charge in [0, 0.05) is 23.0 Å². The van der Waals surface area contributed by atoms with Gasteiger partial charge >= 0.3 is 0 Å². The molecule has 1 rings (SSSR count). The third-order valence-electron chi connectivity index (χ3n) is 1.28. The summed E-state index contributed by atoms with van der Waals surface area (Å²) in [5, 5.41) is 0. The number of aromatic nitrogens is 2. The highest BCUT2D eigenvalue weighted by Gasteiger charge is 2.00. The van der Waals surface area contributed by atoms with Crippen LogP contribution in [-0.4, -0.2) is 23.6 Å². The molecule has 3 nitrogen and oxygen atoms in total. The Morgan fingerprint density at radius 1 is 1.58 bits per heavy atom. The normalized spacial score (nSPS) is 9.08. The van der Waals surface area contributed by atoms with Crippen molar-refractivity contribution in [3.8, 4) is 12.3 Å². The SMILES string of the molecule is C#CCN(C)c1ncc(I)cn1. The van der Waals surface area contributed by atoms with Crippen molar-refractivity contribution in [1.29, 1.82) is 0 Å². The predicted octanol–water partition coefficient (Wildman–Crippen LogP) is 1.15. The average molecular weight is 273 g/mol. The van der Waals surface area contributed by atoms with Gasteiger partial charge in [0.1, 0.15) is 0 Å². The summed E-state index contributed by atoms with van der Waals surface area (Å²) in [6.07, 6.45) is 8.67. The maximum Gasteiger partial charge on any atom is 0.225 e. The molecule has 0 saturated carbocycles. The smallest absolute Gasteiger partial charge is 0.225 e. The molecular weight excluding hydrogens is 265 g/mol. The minimum absolute atomic E-state index is 0.528. The number of hydrogen-bond acceptors (Lipinski definition) is 3. The van der Waals surface area contributed by atoms with Gasteiger partial charge in [-0.25, -0.2) is 9.97 Å². The number of anilines is 1. The van der Waals surface area contributed by atoms with E-state index < -0.39 is 0 Å². The summed E-state index contributed by atoms with van der Waals surface area (Å²) >= 11 is 2.16. The lowest BCUT2D eigenvalue weighted by molar-refractivity contribution is 0.949. The van der Waals surface area contributed by atoms with Crippen LogP contribution in [0.3, 0.4) is 0 Å². The Labute approximate surface area is 85.4 Å². The van der Waals surface area contributed by atoms with Crippen LogP contribution in [0.5, 0.6) is 0 Å². The fourth-order valence-corrected chi connectivity index (χ4v) is 0.989. The molecule has 4 heteroatoms. The van der Waals surface area contributed by atoms with Crippen LogP contribution < -0.4 is 4.90 Å². The van der Waals surface area contributed by atoms with Crippen molar-refractivity contribution in [1.82, 2.24) is 9.97 Å². The molecule has 0 radical (unpaired) electrons. The topological polar surface area (TPSA) is 29.0 Å². The standard InChI is InChI=1S/C8H8IN3/c1-3-4-12(2)8-10-5-7(9)6-11-8/h1,5-6H,4H2,2H3. The molecule has 1 heterocycles. The zero-order chi connectivity index (χ0) is 8.97. The van der Waals surface area contributed by atoms with Crippen LogP contribution in [0.1, 0.15) is 0 Å². The summed E-state index contributed by atoms with van der Waals surface area (Å²) < 4.78 is 1.02. The van der Waals surface area contributed by atoms with Gasteiger partial charge in [-0.1, -0.05) is 5.92 Å². The first-order valence-electron chi connectivity index (χ1n) is 3.36. The lowest BCUT2D eigenvalue weighted by Gasteiger charge is -2.12. The van der Waals surface area contributed by atoms with E-state index in [0.29, 0.717) is 12.5 Å². The molecule has 62 valence electrons. The van der Waals surface area contributed by atoms with Crippen LogP contribution in [0.15, 0.2) is 12.4 Å². The maximum absolute atomic E-state index is 5.15. The van der Waals surface area contributed by atoms with Gasteiger partial charge in [0.25, 0.3) is 0 Å². The van der Waals surface area contributed by atoms with E-state index in [-0.39, 0.29) is 0 Å². The van der Waals surface area contributed by atoms with Crippen LogP contribution in [0.2, 0.25) is 0 Å². The van der Waals surface area contributed by atoms with Gasteiger partial charge in [0.15, 0.2) is 0 Å².